The molecule has 1 aromatic rings. The van der Waals surface area contributed by atoms with Crippen molar-refractivity contribution >= 4 is 12.3 Å². The minimum absolute atomic E-state index is 0.107. The Morgan fingerprint density at radius 1 is 1.50 bits per heavy atom. The van der Waals surface area contributed by atoms with Gasteiger partial charge in [0.2, 0.25) is 0 Å². The van der Waals surface area contributed by atoms with Gasteiger partial charge in [-0.25, -0.2) is 0 Å². The summed E-state index contributed by atoms with van der Waals surface area (Å²) in [6, 6.07) is 4.18. The van der Waals surface area contributed by atoms with Crippen LogP contribution in [0.2, 0.25) is 0 Å². The molecule has 4 heteroatoms. The molecule has 0 bridgehead atoms. The van der Waals surface area contributed by atoms with Gasteiger partial charge in [-0.2, -0.15) is 0 Å². The molecular weight excluding hydrogens is 184 g/mol. The number of rotatable bonds is 3. The van der Waals surface area contributed by atoms with Crippen molar-refractivity contribution in [2.24, 2.45) is 0 Å². The average Bonchev–Trinajstić information content (AvgIpc) is 2.17. The Morgan fingerprint density at radius 3 is 2.64 bits per heavy atom. The molecule has 0 saturated heterocycles. The third-order valence-corrected chi connectivity index (χ3v) is 2.05. The van der Waals surface area contributed by atoms with Crippen molar-refractivity contribution < 1.29 is 19.8 Å². The highest BCUT2D eigenvalue weighted by molar-refractivity contribution is 5.81. The zero-order chi connectivity index (χ0) is 10.7. The second-order valence-corrected chi connectivity index (χ2v) is 3.00. The van der Waals surface area contributed by atoms with Crippen molar-refractivity contribution in [3.63, 3.8) is 0 Å². The molecule has 0 fully saturated rings. The van der Waals surface area contributed by atoms with Crippen molar-refractivity contribution in [3.8, 4) is 5.75 Å². The summed E-state index contributed by atoms with van der Waals surface area (Å²) in [6.45, 7) is 1.52. The van der Waals surface area contributed by atoms with Crippen LogP contribution < -0.4 is 0 Å². The van der Waals surface area contributed by atoms with E-state index < -0.39 is 11.9 Å². The topological polar surface area (TPSA) is 74.6 Å². The van der Waals surface area contributed by atoms with Crippen LogP contribution in [0.3, 0.4) is 0 Å². The van der Waals surface area contributed by atoms with Crippen molar-refractivity contribution in [2.75, 3.05) is 0 Å². The van der Waals surface area contributed by atoms with E-state index in [-0.39, 0.29) is 11.3 Å². The molecular formula is C10H10O4. The van der Waals surface area contributed by atoms with Gasteiger partial charge < -0.3 is 10.2 Å². The Kier molecular flexibility index (Phi) is 2.86. The van der Waals surface area contributed by atoms with E-state index in [4.69, 9.17) is 5.11 Å². The predicted molar refractivity (Wildman–Crippen MR) is 49.5 cm³/mol. The van der Waals surface area contributed by atoms with E-state index in [9.17, 15) is 14.7 Å². The zero-order valence-corrected chi connectivity index (χ0v) is 7.60. The number of carbonyl (C=O) groups excluding carboxylic acids is 1. The van der Waals surface area contributed by atoms with Gasteiger partial charge in [0.25, 0.3) is 0 Å². The van der Waals surface area contributed by atoms with Crippen LogP contribution in [0.5, 0.6) is 5.75 Å². The highest BCUT2D eigenvalue weighted by atomic mass is 16.4. The third-order valence-electron chi connectivity index (χ3n) is 2.05. The van der Waals surface area contributed by atoms with Crippen LogP contribution in [0.15, 0.2) is 18.2 Å². The molecule has 1 rings (SSSR count). The number of aldehydes is 1. The first-order valence-corrected chi connectivity index (χ1v) is 4.07. The fourth-order valence-electron chi connectivity index (χ4n) is 1.08. The Bertz CT molecular complexity index is 370. The molecule has 0 saturated carbocycles. The number of phenolic OH excluding ortho intramolecular Hbond substituents is 1. The number of aromatic hydroxyl groups is 1. The summed E-state index contributed by atoms with van der Waals surface area (Å²) >= 11 is 0. The zero-order valence-electron chi connectivity index (χ0n) is 7.60. The minimum atomic E-state index is -0.965. The smallest absolute Gasteiger partial charge is 0.310 e. The number of hydrogen-bond donors (Lipinski definition) is 2. The van der Waals surface area contributed by atoms with Gasteiger partial charge in [-0.3, -0.25) is 9.59 Å². The van der Waals surface area contributed by atoms with Gasteiger partial charge in [0.1, 0.15) is 5.75 Å². The second-order valence-electron chi connectivity index (χ2n) is 3.00. The van der Waals surface area contributed by atoms with Gasteiger partial charge in [-0.1, -0.05) is 6.07 Å². The molecule has 0 aromatic heterocycles. The number of carboxylic acids is 1. The molecule has 0 amide bonds. The number of benzene rings is 1. The summed E-state index contributed by atoms with van der Waals surface area (Å²) in [7, 11) is 0. The largest absolute Gasteiger partial charge is 0.507 e. The van der Waals surface area contributed by atoms with E-state index in [1.165, 1.54) is 25.1 Å². The van der Waals surface area contributed by atoms with Crippen molar-refractivity contribution in [1.82, 2.24) is 0 Å². The predicted octanol–water partition coefficient (Wildman–Crippen LogP) is 1.39. The van der Waals surface area contributed by atoms with E-state index in [0.29, 0.717) is 11.8 Å². The summed E-state index contributed by atoms with van der Waals surface area (Å²) < 4.78 is 0. The molecule has 0 aliphatic heterocycles. The molecule has 0 aliphatic carbocycles. The molecule has 1 atom stereocenters. The van der Waals surface area contributed by atoms with Crippen molar-refractivity contribution in [2.45, 2.75) is 12.8 Å². The SMILES string of the molecule is CC(C(=O)O)c1ccc(O)c(C=O)c1. The molecule has 4 nitrogen and oxygen atoms in total. The van der Waals surface area contributed by atoms with Crippen LogP contribution in [-0.2, 0) is 4.79 Å². The first-order chi connectivity index (χ1) is 6.56. The molecule has 1 unspecified atom stereocenters. The lowest BCUT2D eigenvalue weighted by Crippen LogP contribution is -2.07. The summed E-state index contributed by atoms with van der Waals surface area (Å²) in [6.07, 6.45) is 0.493. The minimum Gasteiger partial charge on any atom is -0.507 e. The molecule has 74 valence electrons. The Labute approximate surface area is 80.8 Å². The van der Waals surface area contributed by atoms with Crippen LogP contribution in [-0.4, -0.2) is 22.5 Å². The van der Waals surface area contributed by atoms with Gasteiger partial charge in [0.05, 0.1) is 11.5 Å². The van der Waals surface area contributed by atoms with Crippen molar-refractivity contribution in [1.29, 1.82) is 0 Å². The lowest BCUT2D eigenvalue weighted by atomic mass is 9.99. The number of hydrogen-bond acceptors (Lipinski definition) is 3. The summed E-state index contributed by atoms with van der Waals surface area (Å²) in [5.74, 6) is -1.79. The summed E-state index contributed by atoms with van der Waals surface area (Å²) in [4.78, 5) is 21.1. The molecule has 0 heterocycles. The van der Waals surface area contributed by atoms with Gasteiger partial charge >= 0.3 is 5.97 Å². The lowest BCUT2D eigenvalue weighted by Gasteiger charge is -2.07. The first kappa shape index (κ1) is 10.2. The fourth-order valence-corrected chi connectivity index (χ4v) is 1.08. The molecule has 0 radical (unpaired) electrons. The normalized spacial score (nSPS) is 12.1. The first-order valence-electron chi connectivity index (χ1n) is 4.07. The maximum atomic E-state index is 10.6. The van der Waals surface area contributed by atoms with Gasteiger partial charge in [-0.15, -0.1) is 0 Å². The van der Waals surface area contributed by atoms with Crippen LogP contribution in [0.4, 0.5) is 0 Å². The van der Waals surface area contributed by atoms with Crippen LogP contribution in [0.1, 0.15) is 28.8 Å². The average molecular weight is 194 g/mol. The van der Waals surface area contributed by atoms with E-state index in [1.807, 2.05) is 0 Å². The molecule has 14 heavy (non-hydrogen) atoms. The van der Waals surface area contributed by atoms with Crippen LogP contribution in [0, 0.1) is 0 Å². The lowest BCUT2D eigenvalue weighted by molar-refractivity contribution is -0.138. The maximum Gasteiger partial charge on any atom is 0.310 e. The molecule has 1 aromatic carbocycles. The number of carbonyl (C=O) groups is 2. The Balaban J connectivity index is 3.12. The van der Waals surface area contributed by atoms with Crippen LogP contribution >= 0.6 is 0 Å². The maximum absolute atomic E-state index is 10.6. The van der Waals surface area contributed by atoms with Gasteiger partial charge in [0.15, 0.2) is 6.29 Å². The third kappa shape index (κ3) is 1.90. The standard InChI is InChI=1S/C10H10O4/c1-6(10(13)14)7-2-3-9(12)8(4-7)5-11/h2-6,12H,1H3,(H,13,14). The Morgan fingerprint density at radius 2 is 2.14 bits per heavy atom. The van der Waals surface area contributed by atoms with Crippen LogP contribution in [0.25, 0.3) is 0 Å². The molecule has 0 aliphatic rings. The van der Waals surface area contributed by atoms with Gasteiger partial charge in [-0.05, 0) is 24.6 Å². The summed E-state index contributed by atoms with van der Waals surface area (Å²) in [5, 5.41) is 17.9. The monoisotopic (exact) mass is 194 g/mol. The summed E-state index contributed by atoms with van der Waals surface area (Å²) in [5.41, 5.74) is 0.605. The number of aliphatic carboxylic acids is 1. The van der Waals surface area contributed by atoms with E-state index in [0.717, 1.165) is 0 Å². The Hall–Kier alpha value is -1.84. The molecule has 2 N–H and O–H groups in total. The highest BCUT2D eigenvalue weighted by Gasteiger charge is 2.14. The highest BCUT2D eigenvalue weighted by Crippen LogP contribution is 2.22. The van der Waals surface area contributed by atoms with Gasteiger partial charge in [0, 0.05) is 0 Å². The number of phenols is 1. The van der Waals surface area contributed by atoms with Crippen molar-refractivity contribution in [3.05, 3.63) is 29.3 Å². The van der Waals surface area contributed by atoms with E-state index >= 15 is 0 Å². The molecule has 0 spiro atoms. The second kappa shape index (κ2) is 3.91. The number of carboxylic acid groups (broad SMARTS) is 1. The van der Waals surface area contributed by atoms with E-state index in [2.05, 4.69) is 0 Å². The quantitative estimate of drug-likeness (QED) is 0.713. The van der Waals surface area contributed by atoms with E-state index in [1.54, 1.807) is 0 Å². The fraction of sp³-hybridized carbons (Fsp3) is 0.200.